The summed E-state index contributed by atoms with van der Waals surface area (Å²) in [6.07, 6.45) is 8.42. The molecule has 6 heteroatoms. The minimum atomic E-state index is -0.540. The largest absolute Gasteiger partial charge is 0.444 e. The molecule has 0 aliphatic carbocycles. The Morgan fingerprint density at radius 1 is 1.07 bits per heavy atom. The van der Waals surface area contributed by atoms with Gasteiger partial charge in [-0.3, -0.25) is 0 Å². The van der Waals surface area contributed by atoms with Crippen molar-refractivity contribution < 1.29 is 14.1 Å². The Labute approximate surface area is 168 Å². The number of carbonyl (C=O) groups excluding carboxylic acids is 1. The second-order valence-corrected chi connectivity index (χ2v) is 8.08. The van der Waals surface area contributed by atoms with Crippen LogP contribution in [-0.4, -0.2) is 21.8 Å². The average Bonchev–Trinajstić information content (AvgIpc) is 3.11. The number of benzene rings is 1. The number of aryl methyl sites for hydroxylation is 1. The van der Waals surface area contributed by atoms with Crippen LogP contribution in [0.2, 0.25) is 0 Å². The van der Waals surface area contributed by atoms with E-state index in [0.29, 0.717) is 11.7 Å². The van der Waals surface area contributed by atoms with Gasteiger partial charge in [-0.2, -0.15) is 4.98 Å². The summed E-state index contributed by atoms with van der Waals surface area (Å²) in [5.41, 5.74) is 1.69. The molecule has 0 spiro atoms. The number of rotatable bonds is 10. The molecule has 6 nitrogen and oxygen atoms in total. The van der Waals surface area contributed by atoms with Gasteiger partial charge in [0.15, 0.2) is 0 Å². The Morgan fingerprint density at radius 3 is 2.43 bits per heavy atom. The third-order valence-electron chi connectivity index (χ3n) is 4.28. The zero-order valence-corrected chi connectivity index (χ0v) is 17.6. The number of unbranched alkanes of at least 4 members (excludes halogenated alkanes) is 5. The van der Waals surface area contributed by atoms with E-state index in [-0.39, 0.29) is 6.54 Å². The number of carbonyl (C=O) groups is 1. The standard InChI is InChI=1S/C22H33N3O3/c1-5-6-7-8-9-10-11-17-12-14-18(15-13-17)20-24-19(28-25-20)16-23-21(26)27-22(2,3)4/h12-15H,5-11,16H2,1-4H3,(H,23,26). The van der Waals surface area contributed by atoms with Crippen LogP contribution in [-0.2, 0) is 17.7 Å². The average molecular weight is 388 g/mol. The highest BCUT2D eigenvalue weighted by Crippen LogP contribution is 2.18. The third-order valence-corrected chi connectivity index (χ3v) is 4.28. The minimum Gasteiger partial charge on any atom is -0.444 e. The van der Waals surface area contributed by atoms with Crippen molar-refractivity contribution in [3.05, 3.63) is 35.7 Å². The summed E-state index contributed by atoms with van der Waals surface area (Å²) >= 11 is 0. The molecule has 1 heterocycles. The van der Waals surface area contributed by atoms with E-state index in [4.69, 9.17) is 9.26 Å². The first-order valence-corrected chi connectivity index (χ1v) is 10.3. The number of nitrogens with one attached hydrogen (secondary N) is 1. The van der Waals surface area contributed by atoms with E-state index in [2.05, 4.69) is 34.5 Å². The molecule has 0 atom stereocenters. The van der Waals surface area contributed by atoms with Gasteiger partial charge in [0.2, 0.25) is 11.7 Å². The molecular formula is C22H33N3O3. The highest BCUT2D eigenvalue weighted by Gasteiger charge is 2.17. The van der Waals surface area contributed by atoms with E-state index in [9.17, 15) is 4.79 Å². The van der Waals surface area contributed by atoms with Crippen molar-refractivity contribution in [2.75, 3.05) is 0 Å². The maximum Gasteiger partial charge on any atom is 0.408 e. The molecule has 154 valence electrons. The Hall–Kier alpha value is -2.37. The highest BCUT2D eigenvalue weighted by molar-refractivity contribution is 5.67. The zero-order valence-electron chi connectivity index (χ0n) is 17.6. The molecule has 0 fully saturated rings. The predicted octanol–water partition coefficient (Wildman–Crippen LogP) is 5.66. The van der Waals surface area contributed by atoms with Gasteiger partial charge in [0.25, 0.3) is 0 Å². The van der Waals surface area contributed by atoms with E-state index in [1.54, 1.807) is 0 Å². The summed E-state index contributed by atoms with van der Waals surface area (Å²) in [5, 5.41) is 6.61. The third kappa shape index (κ3) is 8.11. The Morgan fingerprint density at radius 2 is 1.75 bits per heavy atom. The molecule has 0 unspecified atom stereocenters. The second-order valence-electron chi connectivity index (χ2n) is 8.08. The quantitative estimate of drug-likeness (QED) is 0.532. The van der Waals surface area contributed by atoms with Crippen molar-refractivity contribution in [1.29, 1.82) is 0 Å². The van der Waals surface area contributed by atoms with Gasteiger partial charge in [0, 0.05) is 5.56 Å². The summed E-state index contributed by atoms with van der Waals surface area (Å²) in [6, 6.07) is 8.28. The monoisotopic (exact) mass is 387 g/mol. The molecule has 28 heavy (non-hydrogen) atoms. The van der Waals surface area contributed by atoms with Gasteiger partial charge in [0.05, 0.1) is 0 Å². The first-order valence-electron chi connectivity index (χ1n) is 10.3. The van der Waals surface area contributed by atoms with E-state index in [1.807, 2.05) is 32.9 Å². The maximum atomic E-state index is 11.7. The normalized spacial score (nSPS) is 11.4. The summed E-state index contributed by atoms with van der Waals surface area (Å²) in [5.74, 6) is 0.865. The maximum absolute atomic E-state index is 11.7. The van der Waals surface area contributed by atoms with Crippen LogP contribution in [0.1, 0.15) is 77.7 Å². The zero-order chi connectivity index (χ0) is 20.4. The predicted molar refractivity (Wildman–Crippen MR) is 110 cm³/mol. The number of hydrogen-bond acceptors (Lipinski definition) is 5. The molecule has 0 saturated carbocycles. The molecule has 1 aromatic carbocycles. The molecule has 0 saturated heterocycles. The molecule has 2 rings (SSSR count). The van der Waals surface area contributed by atoms with E-state index < -0.39 is 11.7 Å². The molecule has 0 bridgehead atoms. The fourth-order valence-corrected chi connectivity index (χ4v) is 2.84. The first-order chi connectivity index (χ1) is 13.4. The van der Waals surface area contributed by atoms with Crippen molar-refractivity contribution in [2.45, 2.75) is 84.8 Å². The molecule has 2 aromatic rings. The van der Waals surface area contributed by atoms with Crippen LogP contribution in [0.5, 0.6) is 0 Å². The molecule has 1 amide bonds. The lowest BCUT2D eigenvalue weighted by atomic mass is 10.0. The fourth-order valence-electron chi connectivity index (χ4n) is 2.84. The van der Waals surface area contributed by atoms with E-state index in [0.717, 1.165) is 12.0 Å². The van der Waals surface area contributed by atoms with Crippen LogP contribution in [0.25, 0.3) is 11.4 Å². The van der Waals surface area contributed by atoms with Crippen LogP contribution >= 0.6 is 0 Å². The highest BCUT2D eigenvalue weighted by atomic mass is 16.6. The number of alkyl carbamates (subject to hydrolysis) is 1. The van der Waals surface area contributed by atoms with Crippen molar-refractivity contribution >= 4 is 6.09 Å². The molecule has 0 radical (unpaired) electrons. The minimum absolute atomic E-state index is 0.137. The fraction of sp³-hybridized carbons (Fsp3) is 0.591. The van der Waals surface area contributed by atoms with Crippen LogP contribution in [0.4, 0.5) is 4.79 Å². The number of hydrogen-bond donors (Lipinski definition) is 1. The molecule has 0 aliphatic heterocycles. The number of aromatic nitrogens is 2. The van der Waals surface area contributed by atoms with Gasteiger partial charge in [-0.15, -0.1) is 0 Å². The topological polar surface area (TPSA) is 77.2 Å². The summed E-state index contributed by atoms with van der Waals surface area (Å²) in [6.45, 7) is 7.82. The number of nitrogens with zero attached hydrogens (tertiary/aromatic N) is 2. The van der Waals surface area contributed by atoms with Gasteiger partial charge < -0.3 is 14.6 Å². The summed E-state index contributed by atoms with van der Waals surface area (Å²) in [4.78, 5) is 16.0. The van der Waals surface area contributed by atoms with Crippen molar-refractivity contribution in [3.63, 3.8) is 0 Å². The lowest BCUT2D eigenvalue weighted by Gasteiger charge is -2.19. The molecular weight excluding hydrogens is 354 g/mol. The lowest BCUT2D eigenvalue weighted by Crippen LogP contribution is -2.32. The van der Waals surface area contributed by atoms with Gasteiger partial charge in [-0.25, -0.2) is 4.79 Å². The van der Waals surface area contributed by atoms with Crippen LogP contribution in [0, 0.1) is 0 Å². The lowest BCUT2D eigenvalue weighted by molar-refractivity contribution is 0.0518. The van der Waals surface area contributed by atoms with Crippen molar-refractivity contribution in [1.82, 2.24) is 15.5 Å². The van der Waals surface area contributed by atoms with Crippen molar-refractivity contribution in [3.8, 4) is 11.4 Å². The molecule has 0 aliphatic rings. The van der Waals surface area contributed by atoms with Gasteiger partial charge in [-0.1, -0.05) is 68.4 Å². The Balaban J connectivity index is 1.78. The van der Waals surface area contributed by atoms with Gasteiger partial charge in [0.1, 0.15) is 12.1 Å². The van der Waals surface area contributed by atoms with E-state index >= 15 is 0 Å². The number of ether oxygens (including phenoxy) is 1. The van der Waals surface area contributed by atoms with Gasteiger partial charge >= 0.3 is 6.09 Å². The first kappa shape index (κ1) is 21.9. The Bertz CT molecular complexity index is 717. The molecule has 1 aromatic heterocycles. The summed E-state index contributed by atoms with van der Waals surface area (Å²) in [7, 11) is 0. The van der Waals surface area contributed by atoms with E-state index in [1.165, 1.54) is 44.1 Å². The smallest absolute Gasteiger partial charge is 0.408 e. The van der Waals surface area contributed by atoms with Gasteiger partial charge in [-0.05, 0) is 39.2 Å². The SMILES string of the molecule is CCCCCCCCc1ccc(-c2noc(CNC(=O)OC(C)(C)C)n2)cc1. The Kier molecular flexibility index (Phi) is 8.48. The number of amides is 1. The second kappa shape index (κ2) is 10.8. The molecule has 1 N–H and O–H groups in total. The van der Waals surface area contributed by atoms with Crippen LogP contribution in [0.15, 0.2) is 28.8 Å². The summed E-state index contributed by atoms with van der Waals surface area (Å²) < 4.78 is 10.4. The van der Waals surface area contributed by atoms with Crippen LogP contribution < -0.4 is 5.32 Å². The van der Waals surface area contributed by atoms with Crippen molar-refractivity contribution in [2.24, 2.45) is 0 Å². The van der Waals surface area contributed by atoms with Crippen LogP contribution in [0.3, 0.4) is 0 Å².